The summed E-state index contributed by atoms with van der Waals surface area (Å²) in [7, 11) is -9.91. The van der Waals surface area contributed by atoms with E-state index in [0.29, 0.717) is 25.7 Å². The first kappa shape index (κ1) is 91.1. The third-order valence-electron chi connectivity index (χ3n) is 17.8. The Kier molecular flexibility index (Phi) is 62.2. The number of phosphoric acid groups is 2. The highest BCUT2D eigenvalue weighted by atomic mass is 31.2. The fourth-order valence-corrected chi connectivity index (χ4v) is 12.7. The average molecular weight is 1370 g/mol. The van der Waals surface area contributed by atoms with E-state index in [4.69, 9.17) is 37.0 Å². The van der Waals surface area contributed by atoms with E-state index >= 15 is 0 Å². The van der Waals surface area contributed by atoms with Crippen LogP contribution in [0, 0.1) is 23.7 Å². The maximum absolute atomic E-state index is 13.0. The summed E-state index contributed by atoms with van der Waals surface area (Å²) in [5.41, 5.74) is 0. The highest BCUT2D eigenvalue weighted by Gasteiger charge is 2.30. The van der Waals surface area contributed by atoms with Crippen LogP contribution in [0.1, 0.15) is 370 Å². The second kappa shape index (κ2) is 63.5. The number of phosphoric ester groups is 2. The van der Waals surface area contributed by atoms with Crippen molar-refractivity contribution in [3.63, 3.8) is 0 Å². The molecule has 0 radical (unpaired) electrons. The molecule has 0 aromatic carbocycles. The minimum atomic E-state index is -4.96. The number of carbonyl (C=O) groups is 4. The van der Waals surface area contributed by atoms with Gasteiger partial charge in [-0.15, -0.1) is 0 Å². The number of carbonyl (C=O) groups excluding carboxylic acids is 4. The van der Waals surface area contributed by atoms with E-state index < -0.39 is 97.5 Å². The second-order valence-electron chi connectivity index (χ2n) is 28.1. The highest BCUT2D eigenvalue weighted by Crippen LogP contribution is 2.45. The largest absolute Gasteiger partial charge is 0.472 e. The molecule has 0 rings (SSSR count). The summed E-state index contributed by atoms with van der Waals surface area (Å²) >= 11 is 0. The average Bonchev–Trinajstić information content (AvgIpc) is 2.52. The zero-order valence-corrected chi connectivity index (χ0v) is 62.7. The van der Waals surface area contributed by atoms with Gasteiger partial charge in [0.2, 0.25) is 0 Å². The Hall–Kier alpha value is -1.94. The fraction of sp³-hybridized carbons (Fsp3) is 0.946. The SMILES string of the molecule is CCC(C)CCCCCCCCCCC(=O)O[C@H](COC(=O)CCCCCCCCCCCCCC(C)C)COP(=O)(O)OC[C@@H](O)COP(=O)(O)OC[C@@H](COC(=O)CCCCCCCCC(C)CC)OC(=O)CCCCCCCCCCCCCCCCC(C)C. The lowest BCUT2D eigenvalue weighted by Gasteiger charge is -2.21. The molecule has 19 heteroatoms. The van der Waals surface area contributed by atoms with Crippen LogP contribution in [0.5, 0.6) is 0 Å². The highest BCUT2D eigenvalue weighted by molar-refractivity contribution is 7.47. The summed E-state index contributed by atoms with van der Waals surface area (Å²) in [5.74, 6) is 0.941. The van der Waals surface area contributed by atoms with Crippen molar-refractivity contribution in [2.24, 2.45) is 23.7 Å². The normalized spacial score (nSPS) is 14.8. The minimum absolute atomic E-state index is 0.104. The van der Waals surface area contributed by atoms with E-state index in [2.05, 4.69) is 55.4 Å². The van der Waals surface area contributed by atoms with Gasteiger partial charge in [0.05, 0.1) is 26.4 Å². The molecule has 0 saturated heterocycles. The van der Waals surface area contributed by atoms with Crippen molar-refractivity contribution < 1.29 is 80.2 Å². The molecule has 0 aliphatic carbocycles. The standard InChI is InChI=1S/C74H144O17P2/c1-9-66(7)52-44-36-28-24-25-31-41-49-57-74(79)91-69(60-84-71(76)54-46-38-29-22-19-15-17-21-27-35-43-51-65(5)6)62-88-92(80,81)86-58-68(75)59-87-93(82,83)89-63-70(61-85-72(77)55-47-39-33-32-37-45-53-67(8)10-2)90-73(78)56-48-40-30-23-18-14-12-11-13-16-20-26-34-42-50-64(3)4/h64-70,75H,9-63H2,1-8H3,(H,80,81)(H,82,83)/t66?,67?,68-,69-,70-/m1/s1. The van der Waals surface area contributed by atoms with Crippen LogP contribution in [0.25, 0.3) is 0 Å². The van der Waals surface area contributed by atoms with Gasteiger partial charge in [-0.2, -0.15) is 0 Å². The Morgan fingerprint density at radius 3 is 0.763 bits per heavy atom. The number of esters is 4. The van der Waals surface area contributed by atoms with E-state index in [1.165, 1.54) is 167 Å². The molecular formula is C74H144O17P2. The summed E-state index contributed by atoms with van der Waals surface area (Å²) in [6.07, 6.45) is 47.1. The molecule has 0 amide bonds. The molecule has 0 saturated carbocycles. The maximum Gasteiger partial charge on any atom is 0.472 e. The van der Waals surface area contributed by atoms with Crippen LogP contribution < -0.4 is 0 Å². The van der Waals surface area contributed by atoms with Gasteiger partial charge in [-0.1, -0.05) is 319 Å². The van der Waals surface area contributed by atoms with Gasteiger partial charge in [-0.3, -0.25) is 37.3 Å². The number of rotatable bonds is 71. The molecule has 4 unspecified atom stereocenters. The number of aliphatic hydroxyl groups excluding tert-OH is 1. The number of aliphatic hydroxyl groups is 1. The van der Waals surface area contributed by atoms with Crippen molar-refractivity contribution in [1.29, 1.82) is 0 Å². The van der Waals surface area contributed by atoms with Gasteiger partial charge in [-0.05, 0) is 49.4 Å². The Morgan fingerprint density at radius 1 is 0.301 bits per heavy atom. The second-order valence-corrected chi connectivity index (χ2v) is 31.0. The van der Waals surface area contributed by atoms with Gasteiger partial charge >= 0.3 is 39.5 Å². The Morgan fingerprint density at radius 2 is 0.516 bits per heavy atom. The van der Waals surface area contributed by atoms with E-state index in [-0.39, 0.29) is 25.7 Å². The minimum Gasteiger partial charge on any atom is -0.462 e. The molecular weight excluding hydrogens is 1220 g/mol. The molecule has 0 aliphatic heterocycles. The van der Waals surface area contributed by atoms with E-state index in [0.717, 1.165) is 120 Å². The summed E-state index contributed by atoms with van der Waals surface area (Å²) in [5, 5.41) is 10.6. The lowest BCUT2D eigenvalue weighted by atomic mass is 9.99. The van der Waals surface area contributed by atoms with Crippen LogP contribution in [0.4, 0.5) is 0 Å². The van der Waals surface area contributed by atoms with Gasteiger partial charge in [-0.25, -0.2) is 9.13 Å². The quantitative estimate of drug-likeness (QED) is 0.0222. The lowest BCUT2D eigenvalue weighted by Crippen LogP contribution is -2.30. The number of hydrogen-bond donors (Lipinski definition) is 3. The predicted molar refractivity (Wildman–Crippen MR) is 377 cm³/mol. The van der Waals surface area contributed by atoms with Crippen molar-refractivity contribution in [3.8, 4) is 0 Å². The molecule has 0 bridgehead atoms. The third-order valence-corrected chi connectivity index (χ3v) is 19.7. The first-order valence-electron chi connectivity index (χ1n) is 38.3. The van der Waals surface area contributed by atoms with Crippen LogP contribution in [-0.2, 0) is 65.4 Å². The first-order valence-corrected chi connectivity index (χ1v) is 41.3. The van der Waals surface area contributed by atoms with Crippen LogP contribution in [0.15, 0.2) is 0 Å². The molecule has 17 nitrogen and oxygen atoms in total. The van der Waals surface area contributed by atoms with Crippen molar-refractivity contribution >= 4 is 39.5 Å². The number of unbranched alkanes of at least 4 members (excludes halogenated alkanes) is 35. The molecule has 7 atom stereocenters. The molecule has 0 spiro atoms. The van der Waals surface area contributed by atoms with Gasteiger partial charge in [0.15, 0.2) is 12.2 Å². The lowest BCUT2D eigenvalue weighted by molar-refractivity contribution is -0.161. The van der Waals surface area contributed by atoms with Crippen molar-refractivity contribution in [2.45, 2.75) is 388 Å². The fourth-order valence-electron chi connectivity index (χ4n) is 11.1. The summed E-state index contributed by atoms with van der Waals surface area (Å²) in [6.45, 7) is 14.2. The Bertz CT molecular complexity index is 1840. The molecule has 0 aromatic rings. The smallest absolute Gasteiger partial charge is 0.462 e. The molecule has 0 heterocycles. The van der Waals surface area contributed by atoms with Crippen LogP contribution >= 0.6 is 15.6 Å². The van der Waals surface area contributed by atoms with Gasteiger partial charge in [0, 0.05) is 25.7 Å². The number of hydrogen-bond acceptors (Lipinski definition) is 15. The molecule has 0 aliphatic rings. The van der Waals surface area contributed by atoms with Crippen molar-refractivity contribution in [3.05, 3.63) is 0 Å². The Labute approximate surface area is 568 Å². The zero-order valence-electron chi connectivity index (χ0n) is 60.9. The molecule has 0 fully saturated rings. The Balaban J connectivity index is 5.25. The summed E-state index contributed by atoms with van der Waals surface area (Å²) in [6, 6.07) is 0. The van der Waals surface area contributed by atoms with Gasteiger partial charge in [0.1, 0.15) is 19.3 Å². The van der Waals surface area contributed by atoms with Crippen LogP contribution in [-0.4, -0.2) is 96.7 Å². The summed E-state index contributed by atoms with van der Waals surface area (Å²) in [4.78, 5) is 72.7. The molecule has 0 aromatic heterocycles. The number of ether oxygens (including phenoxy) is 4. The van der Waals surface area contributed by atoms with Crippen molar-refractivity contribution in [2.75, 3.05) is 39.6 Å². The topological polar surface area (TPSA) is 237 Å². The molecule has 552 valence electrons. The first-order chi connectivity index (χ1) is 44.7. The van der Waals surface area contributed by atoms with Crippen molar-refractivity contribution in [1.82, 2.24) is 0 Å². The zero-order chi connectivity index (χ0) is 68.9. The van der Waals surface area contributed by atoms with E-state index in [9.17, 15) is 43.2 Å². The molecule has 93 heavy (non-hydrogen) atoms. The van der Waals surface area contributed by atoms with E-state index in [1.807, 2.05) is 0 Å². The monoisotopic (exact) mass is 1370 g/mol. The van der Waals surface area contributed by atoms with Gasteiger partial charge in [0.25, 0.3) is 0 Å². The molecule has 3 N–H and O–H groups in total. The van der Waals surface area contributed by atoms with Crippen LogP contribution in [0.3, 0.4) is 0 Å². The predicted octanol–water partition coefficient (Wildman–Crippen LogP) is 21.3. The maximum atomic E-state index is 13.0. The van der Waals surface area contributed by atoms with Gasteiger partial charge < -0.3 is 33.8 Å². The van der Waals surface area contributed by atoms with E-state index in [1.54, 1.807) is 0 Å². The van der Waals surface area contributed by atoms with Crippen LogP contribution in [0.2, 0.25) is 0 Å². The summed E-state index contributed by atoms with van der Waals surface area (Å²) < 4.78 is 68.4. The third kappa shape index (κ3) is 65.8.